The maximum Gasteiger partial charge on any atom is 0.221 e. The summed E-state index contributed by atoms with van der Waals surface area (Å²) in [6, 6.07) is 15.2. The van der Waals surface area contributed by atoms with Gasteiger partial charge in [-0.3, -0.25) is 4.79 Å². The summed E-state index contributed by atoms with van der Waals surface area (Å²) in [5.74, 6) is 0.641. The van der Waals surface area contributed by atoms with E-state index in [4.69, 9.17) is 16.3 Å². The van der Waals surface area contributed by atoms with Crippen LogP contribution in [0, 0.1) is 11.3 Å². The molecular weight excluding hydrogens is 374 g/mol. The van der Waals surface area contributed by atoms with E-state index in [0.717, 1.165) is 35.2 Å². The second kappa shape index (κ2) is 8.81. The zero-order valence-corrected chi connectivity index (χ0v) is 16.7. The summed E-state index contributed by atoms with van der Waals surface area (Å²) in [5, 5.41) is 13.4. The second-order valence-electron chi connectivity index (χ2n) is 6.56. The lowest BCUT2D eigenvalue weighted by Crippen LogP contribution is -2.11. The highest BCUT2D eigenvalue weighted by Crippen LogP contribution is 2.30. The van der Waals surface area contributed by atoms with Gasteiger partial charge in [-0.05, 0) is 48.9 Å². The van der Waals surface area contributed by atoms with Crippen molar-refractivity contribution in [3.05, 3.63) is 58.7 Å². The minimum absolute atomic E-state index is 0.102. The molecule has 0 saturated heterocycles. The van der Waals surface area contributed by atoms with Gasteiger partial charge in [0.1, 0.15) is 18.4 Å². The number of benzene rings is 2. The largest absolute Gasteiger partial charge is 0.492 e. The minimum Gasteiger partial charge on any atom is -0.492 e. The molecule has 3 aromatic rings. The molecule has 5 nitrogen and oxygen atoms in total. The van der Waals surface area contributed by atoms with Crippen molar-refractivity contribution in [2.75, 3.05) is 11.9 Å². The van der Waals surface area contributed by atoms with E-state index in [0.29, 0.717) is 23.7 Å². The first-order valence-electron chi connectivity index (χ1n) is 9.24. The van der Waals surface area contributed by atoms with Gasteiger partial charge in [-0.2, -0.15) is 5.26 Å². The highest BCUT2D eigenvalue weighted by atomic mass is 35.5. The van der Waals surface area contributed by atoms with E-state index in [1.165, 1.54) is 12.6 Å². The maximum atomic E-state index is 11.1. The van der Waals surface area contributed by atoms with E-state index in [1.54, 1.807) is 6.07 Å². The van der Waals surface area contributed by atoms with E-state index >= 15 is 0 Å². The molecule has 6 heteroatoms. The molecule has 28 heavy (non-hydrogen) atoms. The molecule has 0 fully saturated rings. The number of anilines is 1. The van der Waals surface area contributed by atoms with Crippen LogP contribution in [0.3, 0.4) is 0 Å². The Hall–Kier alpha value is -2.97. The number of nitrogens with one attached hydrogen (secondary N) is 1. The predicted octanol–water partition coefficient (Wildman–Crippen LogP) is 5.16. The average molecular weight is 396 g/mol. The molecule has 144 valence electrons. The van der Waals surface area contributed by atoms with Crippen LogP contribution in [0.25, 0.3) is 10.9 Å². The topological polar surface area (TPSA) is 67.1 Å². The number of carbonyl (C=O) groups excluding carboxylic acids is 1. The Kier molecular flexibility index (Phi) is 6.23. The molecule has 1 amide bonds. The molecule has 0 unspecified atom stereocenters. The van der Waals surface area contributed by atoms with Crippen LogP contribution in [0.4, 0.5) is 5.69 Å². The minimum atomic E-state index is -0.102. The van der Waals surface area contributed by atoms with Crippen LogP contribution in [0.2, 0.25) is 5.02 Å². The SMILES string of the molecule is CCCc1cc2c(Cl)c(C#N)ccc2n1CCOc1ccc(NC(C)=O)cc1. The quantitative estimate of drug-likeness (QED) is 0.601. The molecule has 1 heterocycles. The lowest BCUT2D eigenvalue weighted by molar-refractivity contribution is -0.114. The average Bonchev–Trinajstić information content (AvgIpc) is 3.02. The van der Waals surface area contributed by atoms with Crippen LogP contribution in [0.15, 0.2) is 42.5 Å². The van der Waals surface area contributed by atoms with Gasteiger partial charge in [0.2, 0.25) is 5.91 Å². The van der Waals surface area contributed by atoms with Crippen LogP contribution in [-0.2, 0) is 17.8 Å². The zero-order chi connectivity index (χ0) is 20.1. The number of aryl methyl sites for hydroxylation is 1. The Balaban J connectivity index is 1.76. The molecule has 1 N–H and O–H groups in total. The van der Waals surface area contributed by atoms with E-state index < -0.39 is 0 Å². The number of ether oxygens (including phenoxy) is 1. The van der Waals surface area contributed by atoms with Crippen molar-refractivity contribution < 1.29 is 9.53 Å². The summed E-state index contributed by atoms with van der Waals surface area (Å²) in [4.78, 5) is 11.1. The molecular formula is C22H22ClN3O2. The molecule has 0 spiro atoms. The molecule has 0 radical (unpaired) electrons. The van der Waals surface area contributed by atoms with Gasteiger partial charge in [0.25, 0.3) is 0 Å². The van der Waals surface area contributed by atoms with Gasteiger partial charge in [0, 0.05) is 29.2 Å². The fourth-order valence-corrected chi connectivity index (χ4v) is 3.52. The Morgan fingerprint density at radius 1 is 1.25 bits per heavy atom. The third kappa shape index (κ3) is 4.29. The molecule has 3 rings (SSSR count). The standard InChI is InChI=1S/C22H22ClN3O2/c1-3-4-18-13-20-21(10-5-16(14-24)22(20)23)26(18)11-12-28-19-8-6-17(7-9-19)25-15(2)27/h5-10,13H,3-4,11-12H2,1-2H3,(H,25,27). The molecule has 0 aliphatic heterocycles. The molecule has 0 aliphatic rings. The van der Waals surface area contributed by atoms with Crippen molar-refractivity contribution in [3.63, 3.8) is 0 Å². The third-order valence-corrected chi connectivity index (χ3v) is 4.90. The van der Waals surface area contributed by atoms with Crippen LogP contribution in [-0.4, -0.2) is 17.1 Å². The molecule has 0 bridgehead atoms. The number of rotatable bonds is 7. The normalized spacial score (nSPS) is 10.6. The maximum absolute atomic E-state index is 11.1. The van der Waals surface area contributed by atoms with Crippen molar-refractivity contribution in [1.82, 2.24) is 4.57 Å². The van der Waals surface area contributed by atoms with Crippen molar-refractivity contribution in [2.24, 2.45) is 0 Å². The Bertz CT molecular complexity index is 1030. The van der Waals surface area contributed by atoms with Crippen molar-refractivity contribution in [2.45, 2.75) is 33.2 Å². The van der Waals surface area contributed by atoms with Gasteiger partial charge in [0.05, 0.1) is 17.1 Å². The van der Waals surface area contributed by atoms with Gasteiger partial charge < -0.3 is 14.6 Å². The number of carbonyl (C=O) groups is 1. The number of amides is 1. The molecule has 0 atom stereocenters. The molecule has 0 saturated carbocycles. The van der Waals surface area contributed by atoms with Crippen molar-refractivity contribution >= 4 is 34.1 Å². The fraction of sp³-hybridized carbons (Fsp3) is 0.273. The van der Waals surface area contributed by atoms with Crippen LogP contribution >= 0.6 is 11.6 Å². The molecule has 2 aromatic carbocycles. The summed E-state index contributed by atoms with van der Waals surface area (Å²) < 4.78 is 8.08. The van der Waals surface area contributed by atoms with Crippen LogP contribution in [0.1, 0.15) is 31.5 Å². The highest BCUT2D eigenvalue weighted by Gasteiger charge is 2.13. The number of aromatic nitrogens is 1. The summed E-state index contributed by atoms with van der Waals surface area (Å²) in [6.45, 7) is 4.79. The summed E-state index contributed by atoms with van der Waals surface area (Å²) >= 11 is 6.41. The number of nitrogens with zero attached hydrogens (tertiary/aromatic N) is 2. The second-order valence-corrected chi connectivity index (χ2v) is 6.94. The Labute approximate surface area is 169 Å². The van der Waals surface area contributed by atoms with Gasteiger partial charge in [-0.25, -0.2) is 0 Å². The number of hydrogen-bond donors (Lipinski definition) is 1. The summed E-state index contributed by atoms with van der Waals surface area (Å²) in [5.41, 5.74) is 3.42. The summed E-state index contributed by atoms with van der Waals surface area (Å²) in [7, 11) is 0. The van der Waals surface area contributed by atoms with Gasteiger partial charge in [-0.15, -0.1) is 0 Å². The first kappa shape index (κ1) is 19.8. The number of hydrogen-bond acceptors (Lipinski definition) is 3. The first-order valence-corrected chi connectivity index (χ1v) is 9.62. The summed E-state index contributed by atoms with van der Waals surface area (Å²) in [6.07, 6.45) is 1.95. The molecule has 1 aromatic heterocycles. The van der Waals surface area contributed by atoms with Crippen molar-refractivity contribution in [1.29, 1.82) is 5.26 Å². The van der Waals surface area contributed by atoms with Crippen LogP contribution in [0.5, 0.6) is 5.75 Å². The predicted molar refractivity (Wildman–Crippen MR) is 112 cm³/mol. The van der Waals surface area contributed by atoms with Gasteiger partial charge >= 0.3 is 0 Å². The van der Waals surface area contributed by atoms with Crippen LogP contribution < -0.4 is 10.1 Å². The number of fused-ring (bicyclic) bond motifs is 1. The third-order valence-electron chi connectivity index (χ3n) is 4.49. The first-order chi connectivity index (χ1) is 13.5. The van der Waals surface area contributed by atoms with E-state index in [9.17, 15) is 10.1 Å². The number of nitriles is 1. The Morgan fingerprint density at radius 3 is 2.64 bits per heavy atom. The zero-order valence-electron chi connectivity index (χ0n) is 16.0. The number of halogens is 1. The lowest BCUT2D eigenvalue weighted by atomic mass is 10.1. The van der Waals surface area contributed by atoms with Gasteiger partial charge in [0.15, 0.2) is 0 Å². The van der Waals surface area contributed by atoms with E-state index in [2.05, 4.69) is 28.9 Å². The lowest BCUT2D eigenvalue weighted by Gasteiger charge is -2.12. The van der Waals surface area contributed by atoms with Crippen molar-refractivity contribution in [3.8, 4) is 11.8 Å². The van der Waals surface area contributed by atoms with Gasteiger partial charge in [-0.1, -0.05) is 24.9 Å². The monoisotopic (exact) mass is 395 g/mol. The molecule has 0 aliphatic carbocycles. The Morgan fingerprint density at radius 2 is 2.00 bits per heavy atom. The van der Waals surface area contributed by atoms with E-state index in [1.807, 2.05) is 30.3 Å². The highest BCUT2D eigenvalue weighted by molar-refractivity contribution is 6.36. The fourth-order valence-electron chi connectivity index (χ4n) is 3.26. The smallest absolute Gasteiger partial charge is 0.221 e. The van der Waals surface area contributed by atoms with E-state index in [-0.39, 0.29) is 5.91 Å².